The molecule has 6 heteroatoms. The van der Waals surface area contributed by atoms with Crippen LogP contribution in [0.3, 0.4) is 0 Å². The number of nitriles is 1. The van der Waals surface area contributed by atoms with E-state index in [4.69, 9.17) is 4.74 Å². The summed E-state index contributed by atoms with van der Waals surface area (Å²) in [7, 11) is 0. The van der Waals surface area contributed by atoms with E-state index in [1.54, 1.807) is 16.7 Å². The van der Waals surface area contributed by atoms with Crippen LogP contribution in [0.5, 0.6) is 0 Å². The zero-order chi connectivity index (χ0) is 21.0. The Balaban J connectivity index is 1.76. The Hall–Kier alpha value is -2.65. The number of hydrogen-bond acceptors (Lipinski definition) is 5. The van der Waals surface area contributed by atoms with Gasteiger partial charge in [0.2, 0.25) is 0 Å². The highest BCUT2D eigenvalue weighted by Crippen LogP contribution is 2.37. The van der Waals surface area contributed by atoms with Crippen LogP contribution in [0.25, 0.3) is 0 Å². The summed E-state index contributed by atoms with van der Waals surface area (Å²) >= 11 is 1.67. The minimum Gasteiger partial charge on any atom is -0.444 e. The number of aryl methyl sites for hydroxylation is 1. The molecule has 3 rings (SSSR count). The quantitative estimate of drug-likeness (QED) is 0.708. The molecular formula is C23H27N3O2S. The van der Waals surface area contributed by atoms with Crippen molar-refractivity contribution in [2.24, 2.45) is 0 Å². The Morgan fingerprint density at radius 2 is 1.83 bits per heavy atom. The summed E-state index contributed by atoms with van der Waals surface area (Å²) < 4.78 is 5.49. The lowest BCUT2D eigenvalue weighted by molar-refractivity contribution is 0.0240. The van der Waals surface area contributed by atoms with Crippen molar-refractivity contribution < 1.29 is 9.53 Å². The highest BCUT2D eigenvalue weighted by atomic mass is 32.2. The fourth-order valence-corrected chi connectivity index (χ4v) is 4.32. The average Bonchev–Trinajstić information content (AvgIpc) is 2.67. The molecule has 0 spiro atoms. The number of nitrogens with zero attached hydrogens (tertiary/aromatic N) is 3. The molecule has 1 heterocycles. The van der Waals surface area contributed by atoms with Crippen molar-refractivity contribution in [3.8, 4) is 6.07 Å². The Bertz CT molecular complexity index is 922. The Kier molecular flexibility index (Phi) is 6.39. The van der Waals surface area contributed by atoms with Gasteiger partial charge in [0.05, 0.1) is 17.3 Å². The highest BCUT2D eigenvalue weighted by Gasteiger charge is 2.26. The van der Waals surface area contributed by atoms with Crippen LogP contribution in [0.1, 0.15) is 31.9 Å². The summed E-state index contributed by atoms with van der Waals surface area (Å²) in [6.45, 7) is 10.4. The molecule has 0 atom stereocenters. The maximum atomic E-state index is 12.3. The van der Waals surface area contributed by atoms with Crippen LogP contribution < -0.4 is 4.90 Å². The first kappa shape index (κ1) is 21.1. The summed E-state index contributed by atoms with van der Waals surface area (Å²) in [6, 6.07) is 16.4. The summed E-state index contributed by atoms with van der Waals surface area (Å²) in [4.78, 5) is 18.6. The first-order valence-corrected chi connectivity index (χ1v) is 10.6. The molecule has 1 amide bonds. The van der Waals surface area contributed by atoms with Crippen LogP contribution in [-0.4, -0.2) is 42.8 Å². The molecule has 1 aliphatic rings. The van der Waals surface area contributed by atoms with Gasteiger partial charge < -0.3 is 14.5 Å². The van der Waals surface area contributed by atoms with E-state index in [9.17, 15) is 10.1 Å². The third kappa shape index (κ3) is 5.68. The van der Waals surface area contributed by atoms with Crippen LogP contribution in [-0.2, 0) is 4.74 Å². The predicted octanol–water partition coefficient (Wildman–Crippen LogP) is 5.08. The number of hydrogen-bond donors (Lipinski definition) is 0. The normalized spacial score (nSPS) is 14.4. The number of rotatable bonds is 3. The highest BCUT2D eigenvalue weighted by molar-refractivity contribution is 7.99. The van der Waals surface area contributed by atoms with Crippen molar-refractivity contribution >= 4 is 23.5 Å². The Morgan fingerprint density at radius 1 is 1.10 bits per heavy atom. The van der Waals surface area contributed by atoms with Gasteiger partial charge in [0.1, 0.15) is 5.60 Å². The van der Waals surface area contributed by atoms with Gasteiger partial charge in [-0.1, -0.05) is 29.5 Å². The van der Waals surface area contributed by atoms with Crippen molar-refractivity contribution in [1.82, 2.24) is 4.90 Å². The van der Waals surface area contributed by atoms with Gasteiger partial charge in [0.25, 0.3) is 0 Å². The minimum atomic E-state index is -0.487. The van der Waals surface area contributed by atoms with Crippen LogP contribution in [0.15, 0.2) is 52.3 Å². The fourth-order valence-electron chi connectivity index (χ4n) is 3.19. The lowest BCUT2D eigenvalue weighted by Gasteiger charge is -2.37. The van der Waals surface area contributed by atoms with Gasteiger partial charge in [0, 0.05) is 36.0 Å². The molecule has 29 heavy (non-hydrogen) atoms. The number of carbonyl (C=O) groups excluding carboxylic acids is 1. The zero-order valence-electron chi connectivity index (χ0n) is 17.4. The molecule has 1 aliphatic heterocycles. The van der Waals surface area contributed by atoms with E-state index in [0.29, 0.717) is 18.7 Å². The maximum absolute atomic E-state index is 12.3. The maximum Gasteiger partial charge on any atom is 0.410 e. The molecule has 1 fully saturated rings. The van der Waals surface area contributed by atoms with E-state index in [1.807, 2.05) is 45.0 Å². The second-order valence-electron chi connectivity index (χ2n) is 8.17. The summed E-state index contributed by atoms with van der Waals surface area (Å²) in [6.07, 6.45) is -0.258. The second-order valence-corrected chi connectivity index (χ2v) is 9.28. The number of carbonyl (C=O) groups is 1. The molecule has 1 saturated heterocycles. The molecule has 0 aromatic heterocycles. The lowest BCUT2D eigenvalue weighted by atomic mass is 10.2. The largest absolute Gasteiger partial charge is 0.444 e. The van der Waals surface area contributed by atoms with E-state index in [2.05, 4.69) is 36.1 Å². The lowest BCUT2D eigenvalue weighted by Crippen LogP contribution is -2.50. The second kappa shape index (κ2) is 8.79. The first-order chi connectivity index (χ1) is 13.7. The van der Waals surface area contributed by atoms with Gasteiger partial charge >= 0.3 is 6.09 Å². The monoisotopic (exact) mass is 409 g/mol. The van der Waals surface area contributed by atoms with E-state index in [1.165, 1.54) is 5.56 Å². The van der Waals surface area contributed by atoms with Gasteiger partial charge in [-0.3, -0.25) is 0 Å². The molecule has 0 bridgehead atoms. The van der Waals surface area contributed by atoms with Gasteiger partial charge in [-0.15, -0.1) is 0 Å². The third-order valence-corrected chi connectivity index (χ3v) is 5.61. The zero-order valence-corrected chi connectivity index (χ0v) is 18.3. The van der Waals surface area contributed by atoms with Crippen LogP contribution in [0.2, 0.25) is 0 Å². The topological polar surface area (TPSA) is 56.6 Å². The van der Waals surface area contributed by atoms with Crippen molar-refractivity contribution in [2.75, 3.05) is 31.1 Å². The molecule has 152 valence electrons. The molecular weight excluding hydrogens is 382 g/mol. The molecule has 5 nitrogen and oxygen atoms in total. The first-order valence-electron chi connectivity index (χ1n) is 9.77. The summed E-state index contributed by atoms with van der Waals surface area (Å²) in [5.41, 5.74) is 2.47. The van der Waals surface area contributed by atoms with Gasteiger partial charge in [-0.25, -0.2) is 4.79 Å². The smallest absolute Gasteiger partial charge is 0.410 e. The number of ether oxygens (including phenoxy) is 1. The van der Waals surface area contributed by atoms with Crippen molar-refractivity contribution in [3.05, 3.63) is 53.6 Å². The van der Waals surface area contributed by atoms with Crippen LogP contribution in [0.4, 0.5) is 10.5 Å². The SMILES string of the molecule is Cc1cccc(Sc2cc(C#N)ccc2N2CCN(C(=O)OC(C)(C)C)CC2)c1. The predicted molar refractivity (Wildman–Crippen MR) is 116 cm³/mol. The standard InChI is InChI=1S/C23H27N3O2S/c1-17-6-5-7-19(14-17)29-21-15-18(16-24)8-9-20(21)25-10-12-26(13-11-25)22(27)28-23(2,3)4/h5-9,14-15H,10-13H2,1-4H3. The summed E-state index contributed by atoms with van der Waals surface area (Å²) in [5.74, 6) is 0. The third-order valence-electron chi connectivity index (χ3n) is 4.58. The van der Waals surface area contributed by atoms with E-state index in [-0.39, 0.29) is 6.09 Å². The molecule has 0 saturated carbocycles. The molecule has 0 N–H and O–H groups in total. The van der Waals surface area contributed by atoms with Crippen molar-refractivity contribution in [1.29, 1.82) is 5.26 Å². The van der Waals surface area contributed by atoms with Gasteiger partial charge in [-0.05, 0) is 58.0 Å². The minimum absolute atomic E-state index is 0.258. The number of benzene rings is 2. The number of amides is 1. The number of piperazine rings is 1. The van der Waals surface area contributed by atoms with Gasteiger partial charge in [-0.2, -0.15) is 5.26 Å². The number of anilines is 1. The van der Waals surface area contributed by atoms with E-state index < -0.39 is 5.60 Å². The molecule has 0 radical (unpaired) electrons. The van der Waals surface area contributed by atoms with E-state index in [0.717, 1.165) is 28.6 Å². The molecule has 2 aromatic rings. The van der Waals surface area contributed by atoms with Gasteiger partial charge in [0.15, 0.2) is 0 Å². The fraction of sp³-hybridized carbons (Fsp3) is 0.391. The van der Waals surface area contributed by atoms with Crippen molar-refractivity contribution in [2.45, 2.75) is 43.1 Å². The van der Waals surface area contributed by atoms with Crippen LogP contribution in [0, 0.1) is 18.3 Å². The molecule has 0 aliphatic carbocycles. The van der Waals surface area contributed by atoms with Crippen LogP contribution >= 0.6 is 11.8 Å². The summed E-state index contributed by atoms with van der Waals surface area (Å²) in [5, 5.41) is 9.33. The molecule has 0 unspecified atom stereocenters. The van der Waals surface area contributed by atoms with E-state index >= 15 is 0 Å². The Labute approximate surface area is 177 Å². The Morgan fingerprint density at radius 3 is 2.45 bits per heavy atom. The average molecular weight is 410 g/mol. The molecule has 2 aromatic carbocycles. The van der Waals surface area contributed by atoms with Crippen molar-refractivity contribution in [3.63, 3.8) is 0 Å².